The van der Waals surface area contributed by atoms with Gasteiger partial charge in [0.15, 0.2) is 0 Å². The Morgan fingerprint density at radius 1 is 1.44 bits per heavy atom. The number of amides is 1. The summed E-state index contributed by atoms with van der Waals surface area (Å²) in [5.41, 5.74) is -0.357. The number of benzene rings is 1. The van der Waals surface area contributed by atoms with Gasteiger partial charge in [0.2, 0.25) is 5.91 Å². The van der Waals surface area contributed by atoms with Gasteiger partial charge in [-0.2, -0.15) is 5.26 Å². The summed E-state index contributed by atoms with van der Waals surface area (Å²) in [5, 5.41) is 10.9. The highest BCUT2D eigenvalue weighted by atomic mass is 19.1. The molecule has 0 aromatic heterocycles. The molecule has 0 aliphatic heterocycles. The fraction of sp³-hybridized carbons (Fsp3) is 0.385. The molecule has 0 radical (unpaired) electrons. The Morgan fingerprint density at radius 3 is 2.67 bits per heavy atom. The molecule has 3 nitrogen and oxygen atoms in total. The highest BCUT2D eigenvalue weighted by Crippen LogP contribution is 2.25. The third-order valence-corrected chi connectivity index (χ3v) is 2.63. The first-order valence-corrected chi connectivity index (χ1v) is 5.46. The number of halogens is 2. The van der Waals surface area contributed by atoms with Gasteiger partial charge in [-0.1, -0.05) is 19.9 Å². The Bertz CT molecular complexity index is 492. The van der Waals surface area contributed by atoms with Crippen LogP contribution in [0.4, 0.5) is 8.78 Å². The van der Waals surface area contributed by atoms with Crippen molar-refractivity contribution in [2.24, 2.45) is 0 Å². The van der Waals surface area contributed by atoms with Gasteiger partial charge < -0.3 is 5.32 Å². The molecular formula is C13H14F2N2O. The standard InChI is InChI=1S/C13H14F2N2O/c1-13(2,8-17-12(18)5-6-16)10-4-3-9(14)7-11(10)15/h3-4,7H,5,8H2,1-2H3,(H,17,18). The third kappa shape index (κ3) is 3.52. The Labute approximate surface area is 104 Å². The van der Waals surface area contributed by atoms with Crippen molar-refractivity contribution in [1.29, 1.82) is 5.26 Å². The number of carbonyl (C=O) groups is 1. The SMILES string of the molecule is CC(C)(CNC(=O)CC#N)c1ccc(F)cc1F. The molecule has 0 saturated carbocycles. The summed E-state index contributed by atoms with van der Waals surface area (Å²) in [5.74, 6) is -1.69. The van der Waals surface area contributed by atoms with Crippen LogP contribution in [0.25, 0.3) is 0 Å². The van der Waals surface area contributed by atoms with Crippen molar-refractivity contribution >= 4 is 5.91 Å². The Morgan fingerprint density at radius 2 is 2.11 bits per heavy atom. The van der Waals surface area contributed by atoms with E-state index in [1.54, 1.807) is 19.9 Å². The van der Waals surface area contributed by atoms with Crippen molar-refractivity contribution in [3.8, 4) is 6.07 Å². The van der Waals surface area contributed by atoms with Crippen LogP contribution in [-0.4, -0.2) is 12.5 Å². The van der Waals surface area contributed by atoms with Gasteiger partial charge in [-0.3, -0.25) is 4.79 Å². The zero-order valence-electron chi connectivity index (χ0n) is 10.3. The summed E-state index contributed by atoms with van der Waals surface area (Å²) >= 11 is 0. The number of hydrogen-bond acceptors (Lipinski definition) is 2. The predicted octanol–water partition coefficient (Wildman–Crippen LogP) is 2.27. The lowest BCUT2D eigenvalue weighted by molar-refractivity contribution is -0.120. The van der Waals surface area contributed by atoms with Crippen molar-refractivity contribution in [3.63, 3.8) is 0 Å². The molecule has 0 bridgehead atoms. The average Bonchev–Trinajstić information content (AvgIpc) is 2.26. The van der Waals surface area contributed by atoms with Crippen LogP contribution in [0, 0.1) is 23.0 Å². The maximum Gasteiger partial charge on any atom is 0.234 e. The van der Waals surface area contributed by atoms with E-state index in [4.69, 9.17) is 5.26 Å². The number of carbonyl (C=O) groups excluding carboxylic acids is 1. The summed E-state index contributed by atoms with van der Waals surface area (Å²) in [6.45, 7) is 3.64. The Balaban J connectivity index is 2.80. The van der Waals surface area contributed by atoms with Crippen molar-refractivity contribution in [2.45, 2.75) is 25.7 Å². The monoisotopic (exact) mass is 252 g/mol. The van der Waals surface area contributed by atoms with Crippen LogP contribution in [0.1, 0.15) is 25.8 Å². The molecule has 1 N–H and O–H groups in total. The van der Waals surface area contributed by atoms with Gasteiger partial charge in [0.05, 0.1) is 6.07 Å². The summed E-state index contributed by atoms with van der Waals surface area (Å²) in [7, 11) is 0. The van der Waals surface area contributed by atoms with Crippen molar-refractivity contribution in [3.05, 3.63) is 35.4 Å². The van der Waals surface area contributed by atoms with Gasteiger partial charge in [0.25, 0.3) is 0 Å². The maximum absolute atomic E-state index is 13.6. The molecule has 5 heteroatoms. The van der Waals surface area contributed by atoms with E-state index in [0.717, 1.165) is 6.07 Å². The van der Waals surface area contributed by atoms with Gasteiger partial charge in [0.1, 0.15) is 18.1 Å². The smallest absolute Gasteiger partial charge is 0.234 e. The van der Waals surface area contributed by atoms with Crippen molar-refractivity contribution in [2.75, 3.05) is 6.54 Å². The van der Waals surface area contributed by atoms with E-state index in [9.17, 15) is 13.6 Å². The quantitative estimate of drug-likeness (QED) is 0.893. The molecule has 1 aromatic rings. The zero-order chi connectivity index (χ0) is 13.8. The predicted molar refractivity (Wildman–Crippen MR) is 62.6 cm³/mol. The minimum Gasteiger partial charge on any atom is -0.354 e. The van der Waals surface area contributed by atoms with E-state index in [1.165, 1.54) is 12.1 Å². The van der Waals surface area contributed by atoms with Crippen molar-refractivity contribution < 1.29 is 13.6 Å². The Kier molecular flexibility index (Phi) is 4.38. The molecule has 1 rings (SSSR count). The van der Waals surface area contributed by atoms with Crippen LogP contribution in [0.3, 0.4) is 0 Å². The number of nitriles is 1. The van der Waals surface area contributed by atoms with Crippen LogP contribution in [0.15, 0.2) is 18.2 Å². The normalized spacial score (nSPS) is 10.8. The number of nitrogens with one attached hydrogen (secondary N) is 1. The highest BCUT2D eigenvalue weighted by Gasteiger charge is 2.25. The molecule has 0 atom stereocenters. The van der Waals surface area contributed by atoms with Gasteiger partial charge >= 0.3 is 0 Å². The maximum atomic E-state index is 13.6. The highest BCUT2D eigenvalue weighted by molar-refractivity contribution is 5.78. The van der Waals surface area contributed by atoms with Gasteiger partial charge in [-0.25, -0.2) is 8.78 Å². The molecule has 0 fully saturated rings. The fourth-order valence-corrected chi connectivity index (χ4v) is 1.59. The lowest BCUT2D eigenvalue weighted by Gasteiger charge is -2.26. The topological polar surface area (TPSA) is 52.9 Å². The third-order valence-electron chi connectivity index (χ3n) is 2.63. The van der Waals surface area contributed by atoms with Crippen LogP contribution in [0.5, 0.6) is 0 Å². The average molecular weight is 252 g/mol. The summed E-state index contributed by atoms with van der Waals surface area (Å²) < 4.78 is 26.4. The first-order valence-electron chi connectivity index (χ1n) is 5.46. The summed E-state index contributed by atoms with van der Waals surface area (Å²) in [4.78, 5) is 11.2. The molecule has 0 aliphatic rings. The minimum atomic E-state index is -0.678. The molecule has 96 valence electrons. The molecule has 1 amide bonds. The van der Waals surface area contributed by atoms with Gasteiger partial charge in [0, 0.05) is 18.0 Å². The molecule has 1 aromatic carbocycles. The zero-order valence-corrected chi connectivity index (χ0v) is 10.3. The van der Waals surface area contributed by atoms with Crippen LogP contribution < -0.4 is 5.32 Å². The molecule has 0 saturated heterocycles. The lowest BCUT2D eigenvalue weighted by Crippen LogP contribution is -2.37. The first-order chi connectivity index (χ1) is 8.36. The fourth-order valence-electron chi connectivity index (χ4n) is 1.59. The molecule has 0 heterocycles. The summed E-state index contributed by atoms with van der Waals surface area (Å²) in [6.07, 6.45) is -0.234. The van der Waals surface area contributed by atoms with E-state index in [-0.39, 0.29) is 13.0 Å². The van der Waals surface area contributed by atoms with Crippen LogP contribution in [0.2, 0.25) is 0 Å². The molecule has 18 heavy (non-hydrogen) atoms. The lowest BCUT2D eigenvalue weighted by atomic mass is 9.84. The molecule has 0 aliphatic carbocycles. The first kappa shape index (κ1) is 14.1. The largest absolute Gasteiger partial charge is 0.354 e. The van der Waals surface area contributed by atoms with E-state index < -0.39 is 23.0 Å². The number of hydrogen-bond donors (Lipinski definition) is 1. The van der Waals surface area contributed by atoms with E-state index in [0.29, 0.717) is 5.56 Å². The van der Waals surface area contributed by atoms with E-state index >= 15 is 0 Å². The van der Waals surface area contributed by atoms with Crippen LogP contribution >= 0.6 is 0 Å². The van der Waals surface area contributed by atoms with Crippen molar-refractivity contribution in [1.82, 2.24) is 5.32 Å². The van der Waals surface area contributed by atoms with E-state index in [2.05, 4.69) is 5.32 Å². The van der Waals surface area contributed by atoms with Crippen LogP contribution in [-0.2, 0) is 10.2 Å². The second-order valence-electron chi connectivity index (χ2n) is 4.62. The second-order valence-corrected chi connectivity index (χ2v) is 4.62. The summed E-state index contributed by atoms with van der Waals surface area (Å²) in [6, 6.07) is 5.08. The number of nitrogens with zero attached hydrogens (tertiary/aromatic N) is 1. The number of rotatable bonds is 4. The molecular weight excluding hydrogens is 238 g/mol. The minimum absolute atomic E-state index is 0.177. The molecule has 0 spiro atoms. The van der Waals surface area contributed by atoms with Gasteiger partial charge in [-0.05, 0) is 11.6 Å². The second kappa shape index (κ2) is 5.58. The molecule has 0 unspecified atom stereocenters. The van der Waals surface area contributed by atoms with Gasteiger partial charge in [-0.15, -0.1) is 0 Å². The Hall–Kier alpha value is -1.96. The van der Waals surface area contributed by atoms with E-state index in [1.807, 2.05) is 0 Å².